The summed E-state index contributed by atoms with van der Waals surface area (Å²) in [6.45, 7) is 4.35. The van der Waals surface area contributed by atoms with E-state index in [1.54, 1.807) is 31.5 Å². The van der Waals surface area contributed by atoms with Gasteiger partial charge in [0.2, 0.25) is 5.89 Å². The van der Waals surface area contributed by atoms with E-state index in [0.29, 0.717) is 35.2 Å². The third-order valence-electron chi connectivity index (χ3n) is 4.64. The lowest BCUT2D eigenvalue weighted by molar-refractivity contribution is 0.318. The van der Waals surface area contributed by atoms with Crippen molar-refractivity contribution in [3.8, 4) is 28.7 Å². The van der Waals surface area contributed by atoms with E-state index in [4.69, 9.17) is 13.9 Å². The van der Waals surface area contributed by atoms with Crippen LogP contribution in [0.4, 0.5) is 5.69 Å². The summed E-state index contributed by atoms with van der Waals surface area (Å²) < 4.78 is 16.8. The van der Waals surface area contributed by atoms with Crippen molar-refractivity contribution in [3.63, 3.8) is 0 Å². The van der Waals surface area contributed by atoms with Crippen LogP contribution in [0.5, 0.6) is 17.2 Å². The number of nitrogens with zero attached hydrogens (tertiary/aromatic N) is 2. The average molecular weight is 402 g/mol. The Morgan fingerprint density at radius 1 is 1.10 bits per heavy atom. The highest BCUT2D eigenvalue weighted by atomic mass is 16.5. The number of ether oxygens (including phenoxy) is 2. The maximum atomic E-state index is 10.4. The fraction of sp³-hybridized carbons (Fsp3) is 0.167. The van der Waals surface area contributed by atoms with Gasteiger partial charge in [0, 0.05) is 17.3 Å². The van der Waals surface area contributed by atoms with E-state index in [-0.39, 0.29) is 5.75 Å². The standard InChI is InChI=1S/C24H22N2O4/c1-4-29-22-7-5-6-17(23(22)27)14-25-18-13-16(9-11-20(18)28-3)24-26-19-12-15(2)8-10-21(19)30-24/h5-14,27H,4H2,1-3H3. The fourth-order valence-electron chi connectivity index (χ4n) is 3.14. The minimum Gasteiger partial charge on any atom is -0.504 e. The van der Waals surface area contributed by atoms with Crippen LogP contribution in [0.25, 0.3) is 22.6 Å². The second kappa shape index (κ2) is 8.29. The highest BCUT2D eigenvalue weighted by Gasteiger charge is 2.12. The lowest BCUT2D eigenvalue weighted by Crippen LogP contribution is -1.93. The molecule has 1 N–H and O–H groups in total. The predicted molar refractivity (Wildman–Crippen MR) is 117 cm³/mol. The molecule has 152 valence electrons. The van der Waals surface area contributed by atoms with Gasteiger partial charge < -0.3 is 19.0 Å². The number of oxazole rings is 1. The molecule has 3 aromatic carbocycles. The molecule has 4 rings (SSSR count). The topological polar surface area (TPSA) is 77.1 Å². The molecule has 0 saturated heterocycles. The molecular formula is C24H22N2O4. The van der Waals surface area contributed by atoms with Crippen molar-refractivity contribution in [2.75, 3.05) is 13.7 Å². The molecule has 0 spiro atoms. The molecule has 0 aliphatic carbocycles. The summed E-state index contributed by atoms with van der Waals surface area (Å²) in [7, 11) is 1.59. The van der Waals surface area contributed by atoms with Crippen molar-refractivity contribution in [2.24, 2.45) is 4.99 Å². The van der Waals surface area contributed by atoms with E-state index >= 15 is 0 Å². The van der Waals surface area contributed by atoms with Crippen LogP contribution >= 0.6 is 0 Å². The number of phenols is 1. The van der Waals surface area contributed by atoms with Gasteiger partial charge in [0.05, 0.1) is 13.7 Å². The van der Waals surface area contributed by atoms with Crippen molar-refractivity contribution < 1.29 is 19.0 Å². The van der Waals surface area contributed by atoms with E-state index in [1.807, 2.05) is 50.2 Å². The molecule has 6 nitrogen and oxygen atoms in total. The first-order valence-electron chi connectivity index (χ1n) is 9.63. The molecule has 0 atom stereocenters. The summed E-state index contributed by atoms with van der Waals surface area (Å²) in [6.07, 6.45) is 1.58. The Morgan fingerprint density at radius 3 is 2.77 bits per heavy atom. The zero-order chi connectivity index (χ0) is 21.1. The van der Waals surface area contributed by atoms with Gasteiger partial charge in [-0.2, -0.15) is 0 Å². The Balaban J connectivity index is 1.71. The molecule has 0 bridgehead atoms. The van der Waals surface area contributed by atoms with Crippen LogP contribution in [0.2, 0.25) is 0 Å². The van der Waals surface area contributed by atoms with Gasteiger partial charge in [0.25, 0.3) is 0 Å². The van der Waals surface area contributed by atoms with Gasteiger partial charge >= 0.3 is 0 Å². The number of fused-ring (bicyclic) bond motifs is 1. The van der Waals surface area contributed by atoms with Crippen molar-refractivity contribution in [1.29, 1.82) is 0 Å². The molecule has 30 heavy (non-hydrogen) atoms. The highest BCUT2D eigenvalue weighted by Crippen LogP contribution is 2.35. The molecule has 0 amide bonds. The third-order valence-corrected chi connectivity index (χ3v) is 4.64. The largest absolute Gasteiger partial charge is 0.504 e. The van der Waals surface area contributed by atoms with Crippen molar-refractivity contribution in [1.82, 2.24) is 4.98 Å². The predicted octanol–water partition coefficient (Wildman–Crippen LogP) is 5.67. The Kier molecular flexibility index (Phi) is 5.39. The summed E-state index contributed by atoms with van der Waals surface area (Å²) in [6, 6.07) is 16.7. The third kappa shape index (κ3) is 3.85. The summed E-state index contributed by atoms with van der Waals surface area (Å²) >= 11 is 0. The minimum absolute atomic E-state index is 0.0487. The number of rotatable bonds is 6. The summed E-state index contributed by atoms with van der Waals surface area (Å²) in [5.41, 5.74) is 4.58. The monoisotopic (exact) mass is 402 g/mol. The number of hydrogen-bond donors (Lipinski definition) is 1. The van der Waals surface area contributed by atoms with Crippen LogP contribution in [-0.2, 0) is 0 Å². The number of hydrogen-bond acceptors (Lipinski definition) is 6. The Morgan fingerprint density at radius 2 is 1.97 bits per heavy atom. The first-order chi connectivity index (χ1) is 14.6. The number of methoxy groups -OCH3 is 1. The molecule has 0 saturated carbocycles. The highest BCUT2D eigenvalue weighted by molar-refractivity contribution is 5.87. The van der Waals surface area contributed by atoms with E-state index in [1.165, 1.54) is 0 Å². The zero-order valence-corrected chi connectivity index (χ0v) is 17.0. The number of aryl methyl sites for hydroxylation is 1. The van der Waals surface area contributed by atoms with Crippen molar-refractivity contribution in [2.45, 2.75) is 13.8 Å². The van der Waals surface area contributed by atoms with Crippen LogP contribution in [-0.4, -0.2) is 30.0 Å². The normalized spacial score (nSPS) is 11.3. The van der Waals surface area contributed by atoms with E-state index < -0.39 is 0 Å². The lowest BCUT2D eigenvalue weighted by atomic mass is 10.1. The lowest BCUT2D eigenvalue weighted by Gasteiger charge is -2.08. The van der Waals surface area contributed by atoms with E-state index in [0.717, 1.165) is 22.2 Å². The summed E-state index contributed by atoms with van der Waals surface area (Å²) in [5.74, 6) is 1.58. The smallest absolute Gasteiger partial charge is 0.227 e. The molecule has 1 aromatic heterocycles. The molecule has 0 radical (unpaired) electrons. The first-order valence-corrected chi connectivity index (χ1v) is 9.63. The number of phenolic OH excluding ortho intramolecular Hbond substituents is 1. The van der Waals surface area contributed by atoms with Crippen molar-refractivity contribution in [3.05, 3.63) is 65.7 Å². The van der Waals surface area contributed by atoms with Gasteiger partial charge in [-0.1, -0.05) is 12.1 Å². The van der Waals surface area contributed by atoms with E-state index in [9.17, 15) is 5.11 Å². The van der Waals surface area contributed by atoms with Gasteiger partial charge in [-0.3, -0.25) is 4.99 Å². The van der Waals surface area contributed by atoms with Crippen molar-refractivity contribution >= 4 is 23.0 Å². The number of para-hydroxylation sites is 1. The van der Waals surface area contributed by atoms with Crippen LogP contribution in [0.1, 0.15) is 18.1 Å². The number of benzene rings is 3. The van der Waals surface area contributed by atoms with Crippen LogP contribution in [0.3, 0.4) is 0 Å². The Hall–Kier alpha value is -3.80. The first kappa shape index (κ1) is 19.5. The zero-order valence-electron chi connectivity index (χ0n) is 17.0. The van der Waals surface area contributed by atoms with Gasteiger partial charge in [-0.25, -0.2) is 4.98 Å². The molecule has 0 aliphatic rings. The van der Waals surface area contributed by atoms with E-state index in [2.05, 4.69) is 9.98 Å². The van der Waals surface area contributed by atoms with Gasteiger partial charge in [-0.15, -0.1) is 0 Å². The molecule has 4 aromatic rings. The summed E-state index contributed by atoms with van der Waals surface area (Å²) in [5, 5.41) is 10.4. The number of aromatic hydroxyl groups is 1. The second-order valence-electron chi connectivity index (χ2n) is 6.76. The van der Waals surface area contributed by atoms with Crippen LogP contribution in [0.15, 0.2) is 64.0 Å². The fourth-order valence-corrected chi connectivity index (χ4v) is 3.14. The Labute approximate surface area is 174 Å². The molecule has 0 fully saturated rings. The van der Waals surface area contributed by atoms with Crippen LogP contribution < -0.4 is 9.47 Å². The second-order valence-corrected chi connectivity index (χ2v) is 6.76. The molecule has 1 heterocycles. The maximum Gasteiger partial charge on any atom is 0.227 e. The molecular weight excluding hydrogens is 380 g/mol. The number of aliphatic imine (C=N–C) groups is 1. The molecule has 0 aliphatic heterocycles. The number of aromatic nitrogens is 1. The Bertz CT molecular complexity index is 1230. The molecule has 0 unspecified atom stereocenters. The quantitative estimate of drug-likeness (QED) is 0.421. The summed E-state index contributed by atoms with van der Waals surface area (Å²) in [4.78, 5) is 9.12. The minimum atomic E-state index is 0.0487. The van der Waals surface area contributed by atoms with Crippen LogP contribution in [0, 0.1) is 6.92 Å². The average Bonchev–Trinajstić information content (AvgIpc) is 3.17. The maximum absolute atomic E-state index is 10.4. The van der Waals surface area contributed by atoms with Gasteiger partial charge in [0.15, 0.2) is 17.1 Å². The van der Waals surface area contributed by atoms with Gasteiger partial charge in [0.1, 0.15) is 17.0 Å². The molecule has 6 heteroatoms. The SMILES string of the molecule is CCOc1cccc(C=Nc2cc(-c3nc4cc(C)ccc4o3)ccc2OC)c1O. The van der Waals surface area contributed by atoms with Gasteiger partial charge in [-0.05, 0) is 61.9 Å².